The van der Waals surface area contributed by atoms with Crippen LogP contribution in [-0.4, -0.2) is 65.3 Å². The molecule has 10 heteroatoms. The van der Waals surface area contributed by atoms with Gasteiger partial charge in [-0.2, -0.15) is 0 Å². The molecule has 0 radical (unpaired) electrons. The van der Waals surface area contributed by atoms with Crippen molar-refractivity contribution in [1.82, 2.24) is 14.8 Å². The van der Waals surface area contributed by atoms with Crippen molar-refractivity contribution in [3.63, 3.8) is 0 Å². The van der Waals surface area contributed by atoms with Crippen LogP contribution in [0.3, 0.4) is 0 Å². The van der Waals surface area contributed by atoms with Crippen LogP contribution in [0.4, 0.5) is 11.4 Å². The molecule has 2 amide bonds. The van der Waals surface area contributed by atoms with Crippen LogP contribution in [0.15, 0.2) is 72.9 Å². The number of nitro benzene ring substituents is 1. The largest absolute Gasteiger partial charge is 0.378 e. The first-order valence-electron chi connectivity index (χ1n) is 14.0. The van der Waals surface area contributed by atoms with Crippen molar-refractivity contribution in [1.29, 1.82) is 0 Å². The van der Waals surface area contributed by atoms with E-state index >= 15 is 0 Å². The van der Waals surface area contributed by atoms with Gasteiger partial charge in [-0.25, -0.2) is 0 Å². The lowest BCUT2D eigenvalue weighted by molar-refractivity contribution is -0.384. The molecule has 0 aliphatic rings. The van der Waals surface area contributed by atoms with E-state index in [1.165, 1.54) is 23.1 Å². The van der Waals surface area contributed by atoms with E-state index in [0.717, 1.165) is 34.1 Å². The minimum absolute atomic E-state index is 0.0136. The average molecular weight is 590 g/mol. The molecule has 0 bridgehead atoms. The fraction of sp³-hybridized carbons (Fsp3) is 0.312. The lowest BCUT2D eigenvalue weighted by Crippen LogP contribution is -2.43. The van der Waals surface area contributed by atoms with Crippen molar-refractivity contribution in [3.05, 3.63) is 105 Å². The van der Waals surface area contributed by atoms with Crippen LogP contribution < -0.4 is 4.90 Å². The van der Waals surface area contributed by atoms with E-state index in [-0.39, 0.29) is 28.7 Å². The predicted octanol–water partition coefficient (Wildman–Crippen LogP) is 6.31. The summed E-state index contributed by atoms with van der Waals surface area (Å²) in [5.74, 6) is -0.613. The molecule has 4 rings (SSSR count). The summed E-state index contributed by atoms with van der Waals surface area (Å²) >= 11 is 6.29. The molecule has 0 spiro atoms. The average Bonchev–Trinajstić information content (AvgIpc) is 3.40. The van der Waals surface area contributed by atoms with Crippen molar-refractivity contribution in [2.75, 3.05) is 38.6 Å². The number of unbranched alkanes of at least 4 members (excludes halogenated alkanes) is 1. The number of aromatic amines is 1. The van der Waals surface area contributed by atoms with Crippen molar-refractivity contribution in [3.8, 4) is 0 Å². The van der Waals surface area contributed by atoms with E-state index in [0.29, 0.717) is 32.5 Å². The third-order valence-electron chi connectivity index (χ3n) is 7.29. The van der Waals surface area contributed by atoms with E-state index in [4.69, 9.17) is 11.6 Å². The zero-order valence-corrected chi connectivity index (χ0v) is 24.9. The summed E-state index contributed by atoms with van der Waals surface area (Å²) in [5.41, 5.74) is 4.14. The number of nitro groups is 1. The van der Waals surface area contributed by atoms with Gasteiger partial charge in [0.15, 0.2) is 0 Å². The first-order chi connectivity index (χ1) is 20.2. The number of rotatable bonds is 13. The van der Waals surface area contributed by atoms with Gasteiger partial charge < -0.3 is 19.7 Å². The summed E-state index contributed by atoms with van der Waals surface area (Å²) in [6, 6.07) is 19.9. The minimum Gasteiger partial charge on any atom is -0.378 e. The van der Waals surface area contributed by atoms with Gasteiger partial charge in [0.25, 0.3) is 11.6 Å². The first-order valence-corrected chi connectivity index (χ1v) is 14.4. The van der Waals surface area contributed by atoms with Gasteiger partial charge in [0.05, 0.1) is 15.5 Å². The number of amides is 2. The summed E-state index contributed by atoms with van der Waals surface area (Å²) in [4.78, 5) is 46.6. The SMILES string of the molecule is CCCCN(CC(=O)N(CCc1c[nH]c2ccccc12)Cc1ccc(N(C)C)cc1)C(=O)c1ccc([N+](=O)[O-])cc1Cl. The topological polar surface area (TPSA) is 103 Å². The lowest BCUT2D eigenvalue weighted by atomic mass is 10.1. The maximum atomic E-state index is 13.9. The molecule has 3 aromatic carbocycles. The maximum Gasteiger partial charge on any atom is 0.270 e. The Kier molecular flexibility index (Phi) is 10.2. The molecule has 0 unspecified atom stereocenters. The number of hydrogen-bond acceptors (Lipinski definition) is 5. The Morgan fingerprint density at radius 2 is 1.71 bits per heavy atom. The van der Waals surface area contributed by atoms with Crippen LogP contribution in [0, 0.1) is 10.1 Å². The number of benzene rings is 3. The second-order valence-corrected chi connectivity index (χ2v) is 10.9. The van der Waals surface area contributed by atoms with Crippen LogP contribution in [0.1, 0.15) is 41.3 Å². The number of nitrogens with zero attached hydrogens (tertiary/aromatic N) is 4. The number of para-hydroxylation sites is 1. The Balaban J connectivity index is 1.57. The number of H-pyrrole nitrogens is 1. The van der Waals surface area contributed by atoms with Crippen molar-refractivity contribution in [2.45, 2.75) is 32.7 Å². The number of non-ortho nitro benzene ring substituents is 1. The molecule has 4 aromatic rings. The highest BCUT2D eigenvalue weighted by Gasteiger charge is 2.25. The number of fused-ring (bicyclic) bond motifs is 1. The number of anilines is 1. The molecule has 0 atom stereocenters. The molecule has 1 aromatic heterocycles. The lowest BCUT2D eigenvalue weighted by Gasteiger charge is -2.28. The highest BCUT2D eigenvalue weighted by Crippen LogP contribution is 2.24. The minimum atomic E-state index is -0.560. The molecule has 1 N–H and O–H groups in total. The number of carbonyl (C=O) groups is 2. The van der Waals surface area contributed by atoms with Gasteiger partial charge in [-0.15, -0.1) is 0 Å². The van der Waals surface area contributed by atoms with Gasteiger partial charge in [0.1, 0.15) is 6.54 Å². The van der Waals surface area contributed by atoms with Crippen LogP contribution in [0.5, 0.6) is 0 Å². The van der Waals surface area contributed by atoms with Gasteiger partial charge >= 0.3 is 0 Å². The summed E-state index contributed by atoms with van der Waals surface area (Å²) in [6.45, 7) is 3.10. The van der Waals surface area contributed by atoms with E-state index in [1.807, 2.05) is 74.6 Å². The van der Waals surface area contributed by atoms with Gasteiger partial charge in [0, 0.05) is 68.6 Å². The molecule has 1 heterocycles. The molecule has 0 saturated carbocycles. The Labute approximate surface area is 250 Å². The molecule has 42 heavy (non-hydrogen) atoms. The number of carbonyl (C=O) groups excluding carboxylic acids is 2. The molecular weight excluding hydrogens is 554 g/mol. The van der Waals surface area contributed by atoms with Gasteiger partial charge in [-0.05, 0) is 48.2 Å². The summed E-state index contributed by atoms with van der Waals surface area (Å²) in [6.07, 6.45) is 4.15. The first kappa shape index (κ1) is 30.6. The fourth-order valence-electron chi connectivity index (χ4n) is 4.83. The van der Waals surface area contributed by atoms with Crippen LogP contribution in [0.25, 0.3) is 10.9 Å². The predicted molar refractivity (Wildman–Crippen MR) is 167 cm³/mol. The maximum absolute atomic E-state index is 13.9. The van der Waals surface area contributed by atoms with Crippen molar-refractivity contribution >= 4 is 45.7 Å². The van der Waals surface area contributed by atoms with Crippen LogP contribution in [-0.2, 0) is 17.8 Å². The zero-order valence-electron chi connectivity index (χ0n) is 24.2. The van der Waals surface area contributed by atoms with Gasteiger partial charge in [0.2, 0.25) is 5.91 Å². The highest BCUT2D eigenvalue weighted by atomic mass is 35.5. The van der Waals surface area contributed by atoms with Crippen molar-refractivity contribution < 1.29 is 14.5 Å². The van der Waals surface area contributed by atoms with Crippen molar-refractivity contribution in [2.24, 2.45) is 0 Å². The van der Waals surface area contributed by atoms with Gasteiger partial charge in [-0.3, -0.25) is 19.7 Å². The Hall–Kier alpha value is -4.37. The summed E-state index contributed by atoms with van der Waals surface area (Å²) in [5, 5.41) is 12.3. The smallest absolute Gasteiger partial charge is 0.270 e. The van der Waals surface area contributed by atoms with E-state index in [1.54, 1.807) is 4.90 Å². The molecular formula is C32H36ClN5O4. The highest BCUT2D eigenvalue weighted by molar-refractivity contribution is 6.34. The zero-order chi connectivity index (χ0) is 30.2. The molecule has 9 nitrogen and oxygen atoms in total. The van der Waals surface area contributed by atoms with Gasteiger partial charge in [-0.1, -0.05) is 55.3 Å². The standard InChI is InChI=1S/C32H36ClN5O4/c1-4-5-17-37(32(40)28-15-14-26(38(41)42)19-29(28)33)22-31(39)36(21-23-10-12-25(13-11-23)35(2)3)18-16-24-20-34-30-9-7-6-8-27(24)30/h6-15,19-20,34H,4-5,16-18,21-22H2,1-3H3. The normalized spacial score (nSPS) is 11.0. The Bertz CT molecular complexity index is 1550. The summed E-state index contributed by atoms with van der Waals surface area (Å²) < 4.78 is 0. The Morgan fingerprint density at radius 3 is 2.38 bits per heavy atom. The Morgan fingerprint density at radius 1 is 0.976 bits per heavy atom. The third kappa shape index (κ3) is 7.47. The number of aromatic nitrogens is 1. The molecule has 0 fully saturated rings. The van der Waals surface area contributed by atoms with Crippen LogP contribution >= 0.6 is 11.6 Å². The molecule has 0 aliphatic heterocycles. The second-order valence-electron chi connectivity index (χ2n) is 10.5. The van der Waals surface area contributed by atoms with E-state index in [2.05, 4.69) is 11.1 Å². The quantitative estimate of drug-likeness (QED) is 0.145. The van der Waals surface area contributed by atoms with E-state index in [9.17, 15) is 19.7 Å². The molecule has 0 aliphatic carbocycles. The number of hydrogen-bond donors (Lipinski definition) is 1. The third-order valence-corrected chi connectivity index (χ3v) is 7.61. The fourth-order valence-corrected chi connectivity index (χ4v) is 5.09. The number of nitrogens with one attached hydrogen (secondary N) is 1. The summed E-state index contributed by atoms with van der Waals surface area (Å²) in [7, 11) is 3.95. The monoisotopic (exact) mass is 589 g/mol. The van der Waals surface area contributed by atoms with Crippen LogP contribution in [0.2, 0.25) is 5.02 Å². The van der Waals surface area contributed by atoms with E-state index < -0.39 is 10.8 Å². The second kappa shape index (κ2) is 14.0. The molecule has 0 saturated heterocycles. The molecule has 220 valence electrons. The number of halogens is 1.